The number of hydrogen-bond donors (Lipinski definition) is 2. The van der Waals surface area contributed by atoms with Crippen LogP contribution in [-0.2, 0) is 0 Å². The number of rotatable bonds is 7. The number of carboxylic acids is 1. The molecule has 1 aromatic heterocycles. The summed E-state index contributed by atoms with van der Waals surface area (Å²) in [5, 5.41) is 11.6. The summed E-state index contributed by atoms with van der Waals surface area (Å²) in [5.74, 6) is 0.0276. The van der Waals surface area contributed by atoms with Crippen molar-refractivity contribution in [2.45, 2.75) is 0 Å². The molecular formula is C12H14N2O3S. The van der Waals surface area contributed by atoms with Gasteiger partial charge in [0.05, 0.1) is 11.1 Å². The maximum atomic E-state index is 11.8. The molecule has 1 heterocycles. The van der Waals surface area contributed by atoms with Gasteiger partial charge >= 0.3 is 5.97 Å². The number of carbonyl (C=O) groups is 2. The average molecular weight is 266 g/mol. The quantitative estimate of drug-likeness (QED) is 0.576. The van der Waals surface area contributed by atoms with Crippen molar-refractivity contribution in [3.8, 4) is 0 Å². The lowest BCUT2D eigenvalue weighted by molar-refractivity contribution is 0.0690. The minimum Gasteiger partial charge on any atom is -0.478 e. The Morgan fingerprint density at radius 1 is 1.50 bits per heavy atom. The summed E-state index contributed by atoms with van der Waals surface area (Å²) < 4.78 is 0. The smallest absolute Gasteiger partial charge is 0.338 e. The Morgan fingerprint density at radius 3 is 2.94 bits per heavy atom. The van der Waals surface area contributed by atoms with Crippen molar-refractivity contribution in [2.24, 2.45) is 0 Å². The number of nitrogens with zero attached hydrogens (tertiary/aromatic N) is 1. The zero-order valence-corrected chi connectivity index (χ0v) is 10.6. The van der Waals surface area contributed by atoms with E-state index in [1.165, 1.54) is 18.5 Å². The molecule has 2 N–H and O–H groups in total. The molecule has 0 aliphatic rings. The topological polar surface area (TPSA) is 79.3 Å². The van der Waals surface area contributed by atoms with Gasteiger partial charge in [0.2, 0.25) is 0 Å². The highest BCUT2D eigenvalue weighted by atomic mass is 32.2. The summed E-state index contributed by atoms with van der Waals surface area (Å²) in [6.07, 6.45) is 4.36. The van der Waals surface area contributed by atoms with Crippen LogP contribution in [0.1, 0.15) is 20.7 Å². The molecule has 96 valence electrons. The van der Waals surface area contributed by atoms with Crippen LogP contribution >= 0.6 is 11.8 Å². The Balaban J connectivity index is 2.56. The van der Waals surface area contributed by atoms with Crippen molar-refractivity contribution < 1.29 is 14.7 Å². The van der Waals surface area contributed by atoms with Gasteiger partial charge in [-0.25, -0.2) is 4.79 Å². The van der Waals surface area contributed by atoms with Crippen LogP contribution in [0.25, 0.3) is 0 Å². The SMILES string of the molecule is C=CCSCCNC(=O)c1ccncc1C(=O)O. The minimum atomic E-state index is -1.16. The Labute approximate surface area is 109 Å². The number of hydrogen-bond acceptors (Lipinski definition) is 4. The first kappa shape index (κ1) is 14.2. The van der Waals surface area contributed by atoms with Gasteiger partial charge in [-0.15, -0.1) is 6.58 Å². The molecule has 0 bridgehead atoms. The molecule has 1 aromatic rings. The van der Waals surface area contributed by atoms with E-state index in [-0.39, 0.29) is 11.1 Å². The fourth-order valence-corrected chi connectivity index (χ4v) is 1.84. The van der Waals surface area contributed by atoms with Crippen molar-refractivity contribution in [3.63, 3.8) is 0 Å². The lowest BCUT2D eigenvalue weighted by atomic mass is 10.1. The van der Waals surface area contributed by atoms with Crippen molar-refractivity contribution >= 4 is 23.6 Å². The van der Waals surface area contributed by atoms with Gasteiger partial charge in [-0.2, -0.15) is 11.8 Å². The van der Waals surface area contributed by atoms with E-state index in [0.717, 1.165) is 11.5 Å². The van der Waals surface area contributed by atoms with E-state index in [2.05, 4.69) is 16.9 Å². The van der Waals surface area contributed by atoms with Crippen LogP contribution in [0.4, 0.5) is 0 Å². The van der Waals surface area contributed by atoms with Crippen molar-refractivity contribution in [1.82, 2.24) is 10.3 Å². The summed E-state index contributed by atoms with van der Waals surface area (Å²) >= 11 is 1.64. The van der Waals surface area contributed by atoms with E-state index >= 15 is 0 Å². The zero-order chi connectivity index (χ0) is 13.4. The number of amides is 1. The van der Waals surface area contributed by atoms with Gasteiger partial charge in [0.25, 0.3) is 5.91 Å². The number of carbonyl (C=O) groups excluding carboxylic acids is 1. The Kier molecular flexibility index (Phi) is 5.93. The monoisotopic (exact) mass is 266 g/mol. The van der Waals surface area contributed by atoms with Gasteiger partial charge in [-0.05, 0) is 6.07 Å². The number of thioether (sulfide) groups is 1. The third-order valence-electron chi connectivity index (χ3n) is 2.06. The fourth-order valence-electron chi connectivity index (χ4n) is 1.26. The molecule has 0 aliphatic heterocycles. The van der Waals surface area contributed by atoms with E-state index in [9.17, 15) is 9.59 Å². The molecule has 0 spiro atoms. The molecule has 0 fully saturated rings. The van der Waals surface area contributed by atoms with Crippen LogP contribution in [-0.4, -0.2) is 40.0 Å². The highest BCUT2D eigenvalue weighted by Gasteiger charge is 2.15. The predicted molar refractivity (Wildman–Crippen MR) is 71.1 cm³/mol. The van der Waals surface area contributed by atoms with Crippen LogP contribution in [0, 0.1) is 0 Å². The molecule has 0 aromatic carbocycles. The van der Waals surface area contributed by atoms with E-state index in [1.54, 1.807) is 17.8 Å². The van der Waals surface area contributed by atoms with Crippen molar-refractivity contribution in [1.29, 1.82) is 0 Å². The van der Waals surface area contributed by atoms with Crippen LogP contribution < -0.4 is 5.32 Å². The molecule has 0 aliphatic carbocycles. The molecule has 0 atom stereocenters. The molecule has 0 saturated carbocycles. The normalized spacial score (nSPS) is 9.78. The highest BCUT2D eigenvalue weighted by molar-refractivity contribution is 7.99. The maximum Gasteiger partial charge on any atom is 0.338 e. The number of pyridine rings is 1. The average Bonchev–Trinajstić information content (AvgIpc) is 2.38. The third-order valence-corrected chi connectivity index (χ3v) is 3.03. The second kappa shape index (κ2) is 7.50. The second-order valence-electron chi connectivity index (χ2n) is 3.35. The third kappa shape index (κ3) is 4.21. The van der Waals surface area contributed by atoms with Gasteiger partial charge in [0, 0.05) is 30.4 Å². The van der Waals surface area contributed by atoms with Crippen LogP contribution in [0.3, 0.4) is 0 Å². The van der Waals surface area contributed by atoms with E-state index < -0.39 is 11.9 Å². The van der Waals surface area contributed by atoms with E-state index in [1.807, 2.05) is 0 Å². The molecule has 1 amide bonds. The summed E-state index contributed by atoms with van der Waals surface area (Å²) in [4.78, 5) is 26.4. The molecule has 5 nitrogen and oxygen atoms in total. The first-order valence-electron chi connectivity index (χ1n) is 5.31. The molecule has 18 heavy (non-hydrogen) atoms. The van der Waals surface area contributed by atoms with E-state index in [4.69, 9.17) is 5.11 Å². The lowest BCUT2D eigenvalue weighted by Gasteiger charge is -2.06. The summed E-state index contributed by atoms with van der Waals surface area (Å²) in [7, 11) is 0. The van der Waals surface area contributed by atoms with Crippen LogP contribution in [0.15, 0.2) is 31.1 Å². The highest BCUT2D eigenvalue weighted by Crippen LogP contribution is 2.07. The largest absolute Gasteiger partial charge is 0.478 e. The summed E-state index contributed by atoms with van der Waals surface area (Å²) in [6, 6.07) is 1.40. The summed E-state index contributed by atoms with van der Waals surface area (Å²) in [6.45, 7) is 4.08. The molecule has 1 rings (SSSR count). The first-order chi connectivity index (χ1) is 8.66. The minimum absolute atomic E-state index is 0.0891. The summed E-state index contributed by atoms with van der Waals surface area (Å²) in [5.41, 5.74) is 0.0416. The van der Waals surface area contributed by atoms with Crippen LogP contribution in [0.5, 0.6) is 0 Å². The van der Waals surface area contributed by atoms with Gasteiger partial charge in [-0.1, -0.05) is 6.08 Å². The maximum absolute atomic E-state index is 11.8. The van der Waals surface area contributed by atoms with Gasteiger partial charge in [-0.3, -0.25) is 9.78 Å². The van der Waals surface area contributed by atoms with Crippen molar-refractivity contribution in [3.05, 3.63) is 42.2 Å². The Hall–Kier alpha value is -1.82. The molecular weight excluding hydrogens is 252 g/mol. The zero-order valence-electron chi connectivity index (χ0n) is 9.76. The molecule has 0 saturated heterocycles. The van der Waals surface area contributed by atoms with Crippen LogP contribution in [0.2, 0.25) is 0 Å². The van der Waals surface area contributed by atoms with Gasteiger partial charge in [0.15, 0.2) is 0 Å². The molecule has 0 unspecified atom stereocenters. The Bertz CT molecular complexity index is 449. The number of carboxylic acid groups (broad SMARTS) is 1. The predicted octanol–water partition coefficient (Wildman–Crippen LogP) is 1.43. The van der Waals surface area contributed by atoms with E-state index in [0.29, 0.717) is 6.54 Å². The second-order valence-corrected chi connectivity index (χ2v) is 4.50. The molecule has 0 radical (unpaired) electrons. The number of nitrogens with one attached hydrogen (secondary N) is 1. The van der Waals surface area contributed by atoms with Crippen molar-refractivity contribution in [2.75, 3.05) is 18.1 Å². The number of aromatic nitrogens is 1. The van der Waals surface area contributed by atoms with Gasteiger partial charge < -0.3 is 10.4 Å². The first-order valence-corrected chi connectivity index (χ1v) is 6.46. The molecule has 6 heteroatoms. The lowest BCUT2D eigenvalue weighted by Crippen LogP contribution is -2.27. The fraction of sp³-hybridized carbons (Fsp3) is 0.250. The Morgan fingerprint density at radius 2 is 2.28 bits per heavy atom. The number of aromatic carboxylic acids is 1. The standard InChI is InChI=1S/C12H14N2O3S/c1-2-6-18-7-5-14-11(15)9-3-4-13-8-10(9)12(16)17/h2-4,8H,1,5-7H2,(H,14,15)(H,16,17). The van der Waals surface area contributed by atoms with Gasteiger partial charge in [0.1, 0.15) is 0 Å².